The maximum atomic E-state index is 12.1. The number of carboxylic acids is 1. The van der Waals surface area contributed by atoms with E-state index in [4.69, 9.17) is 8.92 Å². The number of ether oxygens (including phenoxy) is 1. The Balaban J connectivity index is 2.64. The van der Waals surface area contributed by atoms with Crippen LogP contribution >= 0.6 is 0 Å². The first-order chi connectivity index (χ1) is 14.8. The Morgan fingerprint density at radius 2 is 1.75 bits per heavy atom. The van der Waals surface area contributed by atoms with Gasteiger partial charge in [-0.3, -0.25) is 13.8 Å². The topological polar surface area (TPSA) is 156 Å². The van der Waals surface area contributed by atoms with Crippen molar-refractivity contribution in [2.24, 2.45) is 5.41 Å². The first-order valence-corrected chi connectivity index (χ1v) is 11.6. The molecule has 0 fully saturated rings. The minimum Gasteiger partial charge on any atom is -0.479 e. The van der Waals surface area contributed by atoms with E-state index >= 15 is 0 Å². The van der Waals surface area contributed by atoms with Gasteiger partial charge in [0.05, 0.1) is 25.4 Å². The van der Waals surface area contributed by atoms with Crippen LogP contribution in [0, 0.1) is 5.41 Å². The molecule has 0 aliphatic carbocycles. The van der Waals surface area contributed by atoms with E-state index in [-0.39, 0.29) is 37.7 Å². The zero-order chi connectivity index (χ0) is 24.4. The largest absolute Gasteiger partial charge is 0.479 e. The van der Waals surface area contributed by atoms with Crippen molar-refractivity contribution in [1.29, 1.82) is 0 Å². The number of hydrogen-bond acceptors (Lipinski definition) is 8. The quantitative estimate of drug-likeness (QED) is 0.203. The van der Waals surface area contributed by atoms with Crippen LogP contribution in [-0.2, 0) is 39.8 Å². The molecule has 1 rings (SSSR count). The summed E-state index contributed by atoms with van der Waals surface area (Å²) in [6, 6.07) is 8.82. The summed E-state index contributed by atoms with van der Waals surface area (Å²) in [5, 5.41) is 22.8. The average Bonchev–Trinajstić information content (AvgIpc) is 2.70. The van der Waals surface area contributed by atoms with E-state index in [9.17, 15) is 33.0 Å². The molecule has 1 atom stereocenters. The number of carbonyl (C=O) groups excluding carboxylic acids is 2. The Morgan fingerprint density at radius 1 is 1.12 bits per heavy atom. The van der Waals surface area contributed by atoms with Crippen LogP contribution in [0.4, 0.5) is 0 Å². The highest BCUT2D eigenvalue weighted by Gasteiger charge is 2.50. The van der Waals surface area contributed by atoms with Crippen molar-refractivity contribution in [1.82, 2.24) is 5.32 Å². The minimum atomic E-state index is -4.01. The summed E-state index contributed by atoms with van der Waals surface area (Å²) in [6.07, 6.45) is -0.347. The lowest BCUT2D eigenvalue weighted by Crippen LogP contribution is -2.54. The molecule has 0 saturated heterocycles. The summed E-state index contributed by atoms with van der Waals surface area (Å²) in [7, 11) is -4.01. The first kappa shape index (κ1) is 27.5. The van der Waals surface area contributed by atoms with Gasteiger partial charge in [0.25, 0.3) is 10.1 Å². The summed E-state index contributed by atoms with van der Waals surface area (Å²) in [4.78, 5) is 34.6. The fraction of sp³-hybridized carbons (Fsp3) is 0.571. The zero-order valence-corrected chi connectivity index (χ0v) is 19.3. The Bertz CT molecular complexity index is 884. The van der Waals surface area contributed by atoms with E-state index in [2.05, 4.69) is 5.32 Å². The van der Waals surface area contributed by atoms with Crippen LogP contribution in [0.2, 0.25) is 0 Å². The van der Waals surface area contributed by atoms with E-state index in [0.29, 0.717) is 0 Å². The molecule has 0 saturated carbocycles. The number of benzene rings is 1. The Hall–Kier alpha value is -2.50. The van der Waals surface area contributed by atoms with Crippen molar-refractivity contribution in [3.05, 3.63) is 35.9 Å². The van der Waals surface area contributed by atoms with Crippen molar-refractivity contribution in [2.75, 3.05) is 25.5 Å². The second-order valence-corrected chi connectivity index (χ2v) is 9.80. The van der Waals surface area contributed by atoms with Gasteiger partial charge in [0.2, 0.25) is 5.91 Å². The number of hydrogen-bond donors (Lipinski definition) is 3. The van der Waals surface area contributed by atoms with Gasteiger partial charge in [-0.2, -0.15) is 8.42 Å². The van der Waals surface area contributed by atoms with Crippen LogP contribution in [0.15, 0.2) is 30.3 Å². The van der Waals surface area contributed by atoms with E-state index in [1.54, 1.807) is 30.3 Å². The molecular weight excluding hydrogens is 442 g/mol. The fourth-order valence-electron chi connectivity index (χ4n) is 2.79. The molecule has 0 bridgehead atoms. The van der Waals surface area contributed by atoms with Crippen molar-refractivity contribution in [2.45, 2.75) is 45.6 Å². The molecule has 180 valence electrons. The van der Waals surface area contributed by atoms with E-state index in [1.807, 2.05) is 0 Å². The van der Waals surface area contributed by atoms with Gasteiger partial charge in [0, 0.05) is 25.3 Å². The first-order valence-electron chi connectivity index (χ1n) is 10.1. The monoisotopic (exact) mass is 473 g/mol. The third-order valence-electron chi connectivity index (χ3n) is 4.94. The molecule has 0 spiro atoms. The zero-order valence-electron chi connectivity index (χ0n) is 18.5. The van der Waals surface area contributed by atoms with Crippen molar-refractivity contribution >= 4 is 28.0 Å². The molecule has 1 aromatic rings. The molecule has 10 nitrogen and oxygen atoms in total. The van der Waals surface area contributed by atoms with Crippen molar-refractivity contribution < 1.29 is 41.9 Å². The number of esters is 1. The molecule has 32 heavy (non-hydrogen) atoms. The van der Waals surface area contributed by atoms with Crippen LogP contribution < -0.4 is 5.32 Å². The lowest BCUT2D eigenvalue weighted by molar-refractivity contribution is -0.180. The van der Waals surface area contributed by atoms with Gasteiger partial charge >= 0.3 is 11.9 Å². The van der Waals surface area contributed by atoms with Gasteiger partial charge in [-0.05, 0) is 12.0 Å². The molecule has 0 aliphatic heterocycles. The maximum absolute atomic E-state index is 12.1. The third kappa shape index (κ3) is 8.93. The van der Waals surface area contributed by atoms with Crippen LogP contribution in [0.5, 0.6) is 0 Å². The summed E-state index contributed by atoms with van der Waals surface area (Å²) in [5.74, 6) is -2.85. The fourth-order valence-corrected chi connectivity index (χ4v) is 3.88. The Morgan fingerprint density at radius 3 is 2.31 bits per heavy atom. The standard InChI is InChI=1S/C21H31NO9S/c1-16(23)22-11-7-13-32(28,29)31-15-20(2,3)21(27,19(25)26)10-12-30-18(24)14-17-8-5-4-6-9-17/h4-6,8-9,27H,7,10-15H2,1-3H3,(H,22,23)(H,25,26)/t21-/m0/s1. The summed E-state index contributed by atoms with van der Waals surface area (Å²) >= 11 is 0. The second kappa shape index (κ2) is 11.9. The van der Waals surface area contributed by atoms with Crippen molar-refractivity contribution in [3.8, 4) is 0 Å². The molecule has 11 heteroatoms. The van der Waals surface area contributed by atoms with E-state index in [1.165, 1.54) is 20.8 Å². The van der Waals surface area contributed by atoms with Crippen LogP contribution in [0.25, 0.3) is 0 Å². The van der Waals surface area contributed by atoms with E-state index in [0.717, 1.165) is 5.56 Å². The number of rotatable bonds is 14. The molecule has 0 heterocycles. The minimum absolute atomic E-state index is 0.00439. The average molecular weight is 474 g/mol. The molecule has 3 N–H and O–H groups in total. The van der Waals surface area contributed by atoms with Gasteiger partial charge < -0.3 is 20.3 Å². The highest BCUT2D eigenvalue weighted by Crippen LogP contribution is 2.35. The number of aliphatic carboxylic acids is 1. The smallest absolute Gasteiger partial charge is 0.336 e. The predicted molar refractivity (Wildman–Crippen MR) is 115 cm³/mol. The van der Waals surface area contributed by atoms with Gasteiger partial charge in [0.15, 0.2) is 5.60 Å². The summed E-state index contributed by atoms with van der Waals surface area (Å²) < 4.78 is 34.1. The van der Waals surface area contributed by atoms with Gasteiger partial charge in [-0.1, -0.05) is 44.2 Å². The van der Waals surface area contributed by atoms with Crippen LogP contribution in [0.3, 0.4) is 0 Å². The lowest BCUT2D eigenvalue weighted by Gasteiger charge is -2.38. The van der Waals surface area contributed by atoms with Crippen LogP contribution in [-0.4, -0.2) is 67.6 Å². The molecule has 1 aromatic carbocycles. The lowest BCUT2D eigenvalue weighted by atomic mass is 9.73. The van der Waals surface area contributed by atoms with Gasteiger partial charge in [-0.25, -0.2) is 4.79 Å². The SMILES string of the molecule is CC(=O)NCCCS(=O)(=O)OCC(C)(C)[C@](O)(CCOC(=O)Cc1ccccc1)C(=O)O. The highest BCUT2D eigenvalue weighted by atomic mass is 32.2. The number of carboxylic acid groups (broad SMARTS) is 1. The molecule has 1 amide bonds. The summed E-state index contributed by atoms with van der Waals surface area (Å²) in [6.45, 7) is 3.17. The predicted octanol–water partition coefficient (Wildman–Crippen LogP) is 0.877. The van der Waals surface area contributed by atoms with Crippen molar-refractivity contribution in [3.63, 3.8) is 0 Å². The second-order valence-electron chi connectivity index (χ2n) is 8.04. The normalized spacial score (nSPS) is 13.8. The number of amides is 1. The number of nitrogens with one attached hydrogen (secondary N) is 1. The maximum Gasteiger partial charge on any atom is 0.336 e. The molecule has 0 aromatic heterocycles. The Kier molecular flexibility index (Phi) is 10.3. The van der Waals surface area contributed by atoms with Crippen LogP contribution in [0.1, 0.15) is 39.2 Å². The molecule has 0 unspecified atom stereocenters. The Labute approximate surface area is 188 Å². The van der Waals surface area contributed by atoms with Gasteiger partial charge in [-0.15, -0.1) is 0 Å². The summed E-state index contributed by atoms with van der Waals surface area (Å²) in [5.41, 5.74) is -3.22. The number of carbonyl (C=O) groups is 3. The molecule has 0 aliphatic rings. The molecular formula is C21H31NO9S. The number of aliphatic hydroxyl groups is 1. The highest BCUT2D eigenvalue weighted by molar-refractivity contribution is 7.86. The van der Waals surface area contributed by atoms with E-state index < -0.39 is 46.1 Å². The molecule has 0 radical (unpaired) electrons. The van der Waals surface area contributed by atoms with Gasteiger partial charge in [0.1, 0.15) is 0 Å². The third-order valence-corrected chi connectivity index (χ3v) is 6.20.